The lowest BCUT2D eigenvalue weighted by atomic mass is 10.1. The number of benzene rings is 2. The van der Waals surface area contributed by atoms with Crippen LogP contribution >= 0.6 is 12.2 Å². The van der Waals surface area contributed by atoms with Crippen LogP contribution in [-0.4, -0.2) is 28.9 Å². The summed E-state index contributed by atoms with van der Waals surface area (Å²) in [6.07, 6.45) is 5.11. The van der Waals surface area contributed by atoms with Crippen molar-refractivity contribution in [2.45, 2.75) is 19.3 Å². The van der Waals surface area contributed by atoms with Gasteiger partial charge in [-0.25, -0.2) is 4.79 Å². The van der Waals surface area contributed by atoms with Crippen molar-refractivity contribution in [2.75, 3.05) is 13.1 Å². The summed E-state index contributed by atoms with van der Waals surface area (Å²) in [6, 6.07) is 18.2. The van der Waals surface area contributed by atoms with E-state index < -0.39 is 5.97 Å². The Morgan fingerprint density at radius 1 is 1.04 bits per heavy atom. The molecular weight excluding hydrogens is 356 g/mol. The van der Waals surface area contributed by atoms with Gasteiger partial charge in [-0.2, -0.15) is 5.26 Å². The van der Waals surface area contributed by atoms with Gasteiger partial charge >= 0.3 is 5.97 Å². The normalized spacial score (nSPS) is 14.3. The lowest BCUT2D eigenvalue weighted by molar-refractivity contribution is -0.129. The molecule has 0 saturated carbocycles. The van der Waals surface area contributed by atoms with Crippen molar-refractivity contribution in [1.29, 1.82) is 5.26 Å². The number of nitrogens with zero attached hydrogens (tertiary/aromatic N) is 2. The molecule has 1 heterocycles. The summed E-state index contributed by atoms with van der Waals surface area (Å²) in [5.41, 5.74) is 1.66. The first kappa shape index (κ1) is 18.8. The Kier molecular flexibility index (Phi) is 6.35. The van der Waals surface area contributed by atoms with Gasteiger partial charge in [0.2, 0.25) is 0 Å². The fourth-order valence-corrected chi connectivity index (χ4v) is 3.28. The average Bonchev–Trinajstić information content (AvgIpc) is 2.73. The molecule has 0 bridgehead atoms. The third-order valence-corrected chi connectivity index (χ3v) is 4.90. The molecule has 1 saturated heterocycles. The van der Waals surface area contributed by atoms with Crippen molar-refractivity contribution in [3.8, 4) is 11.8 Å². The molecule has 2 aromatic carbocycles. The summed E-state index contributed by atoms with van der Waals surface area (Å²) >= 11 is 5.57. The summed E-state index contributed by atoms with van der Waals surface area (Å²) in [5, 5.41) is 9.26. The summed E-state index contributed by atoms with van der Waals surface area (Å²) < 4.78 is 5.33. The number of hydrogen-bond donors (Lipinski definition) is 0. The molecule has 0 N–H and O–H groups in total. The van der Waals surface area contributed by atoms with E-state index >= 15 is 0 Å². The van der Waals surface area contributed by atoms with Crippen LogP contribution in [0, 0.1) is 11.3 Å². The van der Waals surface area contributed by atoms with E-state index in [0.717, 1.165) is 29.2 Å². The first-order valence-electron chi connectivity index (χ1n) is 8.96. The van der Waals surface area contributed by atoms with Gasteiger partial charge in [0.25, 0.3) is 0 Å². The first-order valence-corrected chi connectivity index (χ1v) is 9.36. The van der Waals surface area contributed by atoms with Crippen molar-refractivity contribution in [3.05, 3.63) is 71.3 Å². The number of esters is 1. The zero-order valence-electron chi connectivity index (χ0n) is 14.9. The van der Waals surface area contributed by atoms with Gasteiger partial charge in [-0.1, -0.05) is 42.5 Å². The van der Waals surface area contributed by atoms with Gasteiger partial charge in [0, 0.05) is 18.7 Å². The van der Waals surface area contributed by atoms with Gasteiger partial charge in [0.1, 0.15) is 22.4 Å². The molecule has 2 aromatic rings. The Morgan fingerprint density at radius 3 is 2.33 bits per heavy atom. The molecule has 5 heteroatoms. The van der Waals surface area contributed by atoms with Crippen molar-refractivity contribution < 1.29 is 9.53 Å². The van der Waals surface area contributed by atoms with Crippen molar-refractivity contribution in [2.24, 2.45) is 0 Å². The number of thiocarbonyl (C=S) groups is 1. The number of ether oxygens (including phenoxy) is 1. The quantitative estimate of drug-likeness (QED) is 0.261. The second-order valence-corrected chi connectivity index (χ2v) is 6.73. The SMILES string of the molecule is N#C/C(=C\c1ccccc1)C(=O)Oc1ccc(C(=S)N2CCCCC2)cc1. The van der Waals surface area contributed by atoms with Crippen LogP contribution < -0.4 is 4.74 Å². The minimum atomic E-state index is -0.673. The highest BCUT2D eigenvalue weighted by atomic mass is 32.1. The van der Waals surface area contributed by atoms with E-state index in [0.29, 0.717) is 5.75 Å². The number of likely N-dealkylation sites (tertiary alicyclic amines) is 1. The molecule has 136 valence electrons. The maximum absolute atomic E-state index is 12.3. The molecule has 3 rings (SSSR count). The molecule has 0 unspecified atom stereocenters. The van der Waals surface area contributed by atoms with E-state index in [1.165, 1.54) is 25.3 Å². The molecule has 0 aromatic heterocycles. The summed E-state index contributed by atoms with van der Waals surface area (Å²) in [4.78, 5) is 15.3. The number of piperidine rings is 1. The maximum Gasteiger partial charge on any atom is 0.354 e. The number of hydrogen-bond acceptors (Lipinski definition) is 4. The van der Waals surface area contributed by atoms with Crippen LogP contribution in [0.25, 0.3) is 6.08 Å². The molecular formula is C22H20N2O2S. The van der Waals surface area contributed by atoms with Crippen LogP contribution in [-0.2, 0) is 4.79 Å². The van der Waals surface area contributed by atoms with Crippen LogP contribution in [0.15, 0.2) is 60.2 Å². The number of rotatable bonds is 4. The minimum Gasteiger partial charge on any atom is -0.422 e. The summed E-state index contributed by atoms with van der Waals surface area (Å²) in [6.45, 7) is 1.98. The highest BCUT2D eigenvalue weighted by molar-refractivity contribution is 7.80. The molecule has 0 aliphatic carbocycles. The minimum absolute atomic E-state index is 0.0471. The van der Waals surface area contributed by atoms with E-state index in [4.69, 9.17) is 17.0 Å². The second kappa shape index (κ2) is 9.11. The second-order valence-electron chi connectivity index (χ2n) is 6.35. The molecule has 0 radical (unpaired) electrons. The van der Waals surface area contributed by atoms with Crippen LogP contribution in [0.2, 0.25) is 0 Å². The van der Waals surface area contributed by atoms with Crippen LogP contribution in [0.5, 0.6) is 5.75 Å². The van der Waals surface area contributed by atoms with Crippen LogP contribution in [0.1, 0.15) is 30.4 Å². The van der Waals surface area contributed by atoms with Crippen molar-refractivity contribution in [1.82, 2.24) is 4.90 Å². The molecule has 1 aliphatic heterocycles. The van der Waals surface area contributed by atoms with E-state index in [2.05, 4.69) is 4.90 Å². The molecule has 0 spiro atoms. The fraction of sp³-hybridized carbons (Fsp3) is 0.227. The first-order chi connectivity index (χ1) is 13.2. The highest BCUT2D eigenvalue weighted by Crippen LogP contribution is 2.18. The third-order valence-electron chi connectivity index (χ3n) is 4.41. The van der Waals surface area contributed by atoms with Gasteiger partial charge in [-0.3, -0.25) is 0 Å². The molecule has 27 heavy (non-hydrogen) atoms. The van der Waals surface area contributed by atoms with Gasteiger partial charge in [-0.15, -0.1) is 0 Å². The van der Waals surface area contributed by atoms with Crippen LogP contribution in [0.3, 0.4) is 0 Å². The molecule has 0 amide bonds. The van der Waals surface area contributed by atoms with Gasteiger partial charge in [0.05, 0.1) is 0 Å². The summed E-state index contributed by atoms with van der Waals surface area (Å²) in [5.74, 6) is -0.285. The molecule has 4 nitrogen and oxygen atoms in total. The topological polar surface area (TPSA) is 53.3 Å². The lowest BCUT2D eigenvalue weighted by Gasteiger charge is -2.29. The van der Waals surface area contributed by atoms with Crippen molar-refractivity contribution >= 4 is 29.3 Å². The zero-order chi connectivity index (χ0) is 19.1. The van der Waals surface area contributed by atoms with E-state index in [-0.39, 0.29) is 5.57 Å². The van der Waals surface area contributed by atoms with E-state index in [9.17, 15) is 10.1 Å². The standard InChI is InChI=1S/C22H20N2O2S/c23-16-19(15-17-7-3-1-4-8-17)22(25)26-20-11-9-18(10-12-20)21(27)24-13-5-2-6-14-24/h1,3-4,7-12,15H,2,5-6,13-14H2/b19-15+. The van der Waals surface area contributed by atoms with E-state index in [1.807, 2.05) is 48.5 Å². The molecule has 1 fully saturated rings. The Labute approximate surface area is 164 Å². The van der Waals surface area contributed by atoms with Gasteiger partial charge in [0.15, 0.2) is 0 Å². The number of carbonyl (C=O) groups excluding carboxylic acids is 1. The third kappa shape index (κ3) is 5.02. The monoisotopic (exact) mass is 376 g/mol. The predicted octanol–water partition coefficient (Wildman–Crippen LogP) is 4.36. The zero-order valence-corrected chi connectivity index (χ0v) is 15.7. The van der Waals surface area contributed by atoms with E-state index in [1.54, 1.807) is 12.1 Å². The lowest BCUT2D eigenvalue weighted by Crippen LogP contribution is -2.34. The van der Waals surface area contributed by atoms with Gasteiger partial charge in [-0.05, 0) is 55.2 Å². The average molecular weight is 376 g/mol. The summed E-state index contributed by atoms with van der Waals surface area (Å²) in [7, 11) is 0. The van der Waals surface area contributed by atoms with Crippen LogP contribution in [0.4, 0.5) is 0 Å². The van der Waals surface area contributed by atoms with Gasteiger partial charge < -0.3 is 9.64 Å². The predicted molar refractivity (Wildman–Crippen MR) is 109 cm³/mol. The fourth-order valence-electron chi connectivity index (χ4n) is 2.96. The largest absolute Gasteiger partial charge is 0.422 e. The Morgan fingerprint density at radius 2 is 1.70 bits per heavy atom. The van der Waals surface area contributed by atoms with Crippen molar-refractivity contribution in [3.63, 3.8) is 0 Å². The smallest absolute Gasteiger partial charge is 0.354 e. The number of carbonyl (C=O) groups is 1. The molecule has 1 aliphatic rings. The highest BCUT2D eigenvalue weighted by Gasteiger charge is 2.16. The maximum atomic E-state index is 12.3. The number of nitriles is 1. The molecule has 0 atom stereocenters. The Balaban J connectivity index is 1.66. The Hall–Kier alpha value is -2.97. The Bertz CT molecular complexity index is 877.